The zero-order chi connectivity index (χ0) is 54.8. The predicted octanol–water partition coefficient (Wildman–Crippen LogP) is 10.1. The minimum Gasteiger partial charge on any atom is -0.360 e. The second kappa shape index (κ2) is 27.0. The van der Waals surface area contributed by atoms with E-state index in [2.05, 4.69) is 31.9 Å². The van der Waals surface area contributed by atoms with Crippen LogP contribution in [0.4, 0.5) is 0 Å². The third-order valence-corrected chi connectivity index (χ3v) is 26.2. The number of allylic oxidation sites excluding steroid dienone is 2. The van der Waals surface area contributed by atoms with Gasteiger partial charge in [-0.1, -0.05) is 115 Å². The molecule has 2 aliphatic heterocycles. The highest BCUT2D eigenvalue weighted by molar-refractivity contribution is 7.86. The highest BCUT2D eigenvalue weighted by Gasteiger charge is 2.45. The molecule has 8 N–H and O–H groups in total. The van der Waals surface area contributed by atoms with Gasteiger partial charge in [-0.2, -0.15) is 16.8 Å². The van der Waals surface area contributed by atoms with Crippen LogP contribution in [0, 0.1) is 59.2 Å². The van der Waals surface area contributed by atoms with Gasteiger partial charge >= 0.3 is 0 Å². The summed E-state index contributed by atoms with van der Waals surface area (Å²) in [6.07, 6.45) is 41.9. The Hall–Kier alpha value is -0.840. The summed E-state index contributed by atoms with van der Waals surface area (Å²) in [4.78, 5) is 0. The van der Waals surface area contributed by atoms with Crippen LogP contribution < -0.4 is 31.9 Å². The number of hydrogen-bond acceptors (Lipinski definition) is 14. The summed E-state index contributed by atoms with van der Waals surface area (Å²) in [5, 5.41) is 20.3. The van der Waals surface area contributed by atoms with Gasteiger partial charge in [0.25, 0.3) is 20.2 Å². The van der Waals surface area contributed by atoms with Crippen LogP contribution in [0.15, 0.2) is 12.2 Å². The Balaban J connectivity index is 0.670. The lowest BCUT2D eigenvalue weighted by molar-refractivity contribution is -0.157. The maximum atomic E-state index is 13.3. The van der Waals surface area contributed by atoms with Crippen LogP contribution in [-0.4, -0.2) is 110 Å². The SMILES string of the molecule is O=S(=O)(O)C1CC(NC2CC(OC3CCC4CCCCC4C3)NC(OC3CCC4CCCCC4C3)N2)CCC1/C=C/C1CCC(NC2CC(OC3CCC4CCCCC4C3)NC(OC3CCC4CCCCC4C3)N2)CC1S(=O)(=O)O. The Morgan fingerprint density at radius 3 is 0.975 bits per heavy atom. The van der Waals surface area contributed by atoms with Crippen molar-refractivity contribution in [1.29, 1.82) is 0 Å². The van der Waals surface area contributed by atoms with Gasteiger partial charge in [-0.3, -0.25) is 41.0 Å². The largest absolute Gasteiger partial charge is 0.360 e. The van der Waals surface area contributed by atoms with Crippen molar-refractivity contribution in [2.75, 3.05) is 0 Å². The van der Waals surface area contributed by atoms with Gasteiger partial charge in [0.2, 0.25) is 0 Å². The second-order valence-electron chi connectivity index (χ2n) is 28.7. The Labute approximate surface area is 481 Å². The maximum absolute atomic E-state index is 13.3. The Kier molecular flexibility index (Phi) is 20.1. The van der Waals surface area contributed by atoms with Crippen molar-refractivity contribution in [3.63, 3.8) is 0 Å². The molecule has 10 saturated carbocycles. The molecule has 0 bridgehead atoms. The molecule has 18 heteroatoms. The van der Waals surface area contributed by atoms with E-state index in [0.29, 0.717) is 38.5 Å². The molecule has 0 aromatic rings. The van der Waals surface area contributed by atoms with Crippen LogP contribution in [0.3, 0.4) is 0 Å². The van der Waals surface area contributed by atoms with Crippen LogP contribution >= 0.6 is 0 Å². The van der Waals surface area contributed by atoms with Crippen LogP contribution in [0.1, 0.15) is 231 Å². The summed E-state index contributed by atoms with van der Waals surface area (Å²) in [5.74, 6) is 5.29. The number of nitrogens with one attached hydrogen (secondary N) is 6. The van der Waals surface area contributed by atoms with E-state index in [4.69, 9.17) is 18.9 Å². The van der Waals surface area contributed by atoms with Crippen LogP contribution in [0.2, 0.25) is 0 Å². The topological polar surface area (TPSA) is 218 Å². The van der Waals surface area contributed by atoms with E-state index in [1.54, 1.807) is 0 Å². The average Bonchev–Trinajstić information content (AvgIpc) is 3.45. The third-order valence-electron chi connectivity index (χ3n) is 23.5. The lowest BCUT2D eigenvalue weighted by atomic mass is 9.70. The van der Waals surface area contributed by atoms with Gasteiger partial charge < -0.3 is 18.9 Å². The lowest BCUT2D eigenvalue weighted by Crippen LogP contribution is -2.66. The summed E-state index contributed by atoms with van der Waals surface area (Å²) in [7, 11) is -8.94. The summed E-state index contributed by atoms with van der Waals surface area (Å²) in [6.45, 7) is 0. The number of rotatable bonds is 16. The molecule has 12 rings (SSSR count). The molecule has 12 aliphatic rings. The van der Waals surface area contributed by atoms with Crippen LogP contribution in [0.5, 0.6) is 0 Å². The summed E-state index contributed by atoms with van der Waals surface area (Å²) >= 11 is 0. The fourth-order valence-corrected chi connectivity index (χ4v) is 21.6. The molecule has 16 nitrogen and oxygen atoms in total. The molecule has 24 atom stereocenters. The fourth-order valence-electron chi connectivity index (χ4n) is 19.3. The molecule has 80 heavy (non-hydrogen) atoms. The monoisotopic (exact) mass is 1160 g/mol. The molecular weight excluding hydrogens is 1050 g/mol. The molecule has 24 unspecified atom stereocenters. The van der Waals surface area contributed by atoms with E-state index in [9.17, 15) is 25.9 Å². The van der Waals surface area contributed by atoms with E-state index in [-0.39, 0.29) is 74.1 Å². The van der Waals surface area contributed by atoms with Gasteiger partial charge in [-0.25, -0.2) is 0 Å². The average molecular weight is 1160 g/mol. The van der Waals surface area contributed by atoms with Crippen molar-refractivity contribution in [1.82, 2.24) is 31.9 Å². The van der Waals surface area contributed by atoms with Crippen molar-refractivity contribution >= 4 is 20.2 Å². The normalized spacial score (nSPS) is 47.1. The minimum absolute atomic E-state index is 0.173. The van der Waals surface area contributed by atoms with Crippen molar-refractivity contribution in [2.45, 2.75) is 316 Å². The van der Waals surface area contributed by atoms with Crippen molar-refractivity contribution < 1.29 is 44.9 Å². The van der Waals surface area contributed by atoms with Crippen molar-refractivity contribution in [3.8, 4) is 0 Å². The highest BCUT2D eigenvalue weighted by atomic mass is 32.2. The number of fused-ring (bicyclic) bond motifs is 4. The molecule has 12 fully saturated rings. The molecule has 0 spiro atoms. The quantitative estimate of drug-likeness (QED) is 0.0533. The summed E-state index contributed by atoms with van der Waals surface area (Å²) in [5.41, 5.74) is 0. The standard InChI is InChI=1S/C62H106N6O10S2/c69-79(70,71)55-35-49(63-57-37-59(75-51-27-21-39-9-1-5-13-45(39)31-51)67-61(65-57)77-53-29-23-41-11-3-7-15-47(41)33-53)25-19-43(55)17-18-44-20-26-50(36-56(44)80(72,73)74)64-58-38-60(76-52-28-22-40-10-2-6-14-46(40)32-52)68-62(66-58)78-54-30-24-42-12-4-8-16-48(42)34-54/h17-18,39-68H,1-16,19-38H2,(H,69,70,71)(H,72,73,74)/b18-17+. The zero-order valence-electron chi connectivity index (χ0n) is 48.4. The first-order valence-electron chi connectivity index (χ1n) is 33.5. The molecule has 0 amide bonds. The third kappa shape index (κ3) is 15.5. The molecule has 456 valence electrons. The molecule has 10 aliphatic carbocycles. The second-order valence-corrected chi connectivity index (χ2v) is 31.9. The first kappa shape index (κ1) is 59.5. The van der Waals surface area contributed by atoms with Crippen LogP contribution in [0.25, 0.3) is 0 Å². The molecular formula is C62H106N6O10S2. The number of hydrogen-bond donors (Lipinski definition) is 8. The molecule has 0 aromatic heterocycles. The minimum atomic E-state index is -4.47. The fraction of sp³-hybridized carbons (Fsp3) is 0.968. The van der Waals surface area contributed by atoms with Crippen molar-refractivity contribution in [3.05, 3.63) is 12.2 Å². The molecule has 2 saturated heterocycles. The number of ether oxygens (including phenoxy) is 4. The lowest BCUT2D eigenvalue weighted by Gasteiger charge is -2.46. The summed E-state index contributed by atoms with van der Waals surface area (Å²) in [6, 6.07) is -0.383. The molecule has 0 aromatic carbocycles. The van der Waals surface area contributed by atoms with Gasteiger partial charge in [-0.15, -0.1) is 0 Å². The van der Waals surface area contributed by atoms with Gasteiger partial charge in [0.1, 0.15) is 12.5 Å². The molecule has 0 radical (unpaired) electrons. The van der Waals surface area contributed by atoms with E-state index >= 15 is 0 Å². The highest BCUT2D eigenvalue weighted by Crippen LogP contribution is 2.46. The van der Waals surface area contributed by atoms with Gasteiger partial charge in [0.05, 0.1) is 47.2 Å². The van der Waals surface area contributed by atoms with Crippen molar-refractivity contribution in [2.24, 2.45) is 59.2 Å². The Morgan fingerprint density at radius 2 is 0.650 bits per heavy atom. The Morgan fingerprint density at radius 1 is 0.338 bits per heavy atom. The van der Waals surface area contributed by atoms with E-state index in [0.717, 1.165) is 98.7 Å². The van der Waals surface area contributed by atoms with Gasteiger partial charge in [-0.05, 0) is 175 Å². The molecule has 2 heterocycles. The predicted molar refractivity (Wildman–Crippen MR) is 310 cm³/mol. The van der Waals surface area contributed by atoms with Gasteiger partial charge in [0.15, 0.2) is 12.7 Å². The van der Waals surface area contributed by atoms with E-state index in [1.165, 1.54) is 128 Å². The Bertz CT molecular complexity index is 2010. The van der Waals surface area contributed by atoms with Crippen LogP contribution in [-0.2, 0) is 39.2 Å². The summed E-state index contributed by atoms with van der Waals surface area (Å²) < 4.78 is 103. The first-order chi connectivity index (χ1) is 38.8. The van der Waals surface area contributed by atoms with E-state index < -0.39 is 55.3 Å². The van der Waals surface area contributed by atoms with E-state index in [1.807, 2.05) is 12.2 Å². The smallest absolute Gasteiger partial charge is 0.268 e. The van der Waals surface area contributed by atoms with Gasteiger partial charge in [0, 0.05) is 24.9 Å². The zero-order valence-corrected chi connectivity index (χ0v) is 50.1. The maximum Gasteiger partial charge on any atom is 0.268 e. The first-order valence-corrected chi connectivity index (χ1v) is 36.6.